The highest BCUT2D eigenvalue weighted by Gasteiger charge is 2.18. The summed E-state index contributed by atoms with van der Waals surface area (Å²) in [6.07, 6.45) is 3.30. The van der Waals surface area contributed by atoms with Gasteiger partial charge in [0, 0.05) is 6.04 Å². The summed E-state index contributed by atoms with van der Waals surface area (Å²) >= 11 is 7.46. The highest BCUT2D eigenvalue weighted by molar-refractivity contribution is 7.99. The van der Waals surface area contributed by atoms with Crippen LogP contribution in [-0.4, -0.2) is 26.4 Å². The molecule has 0 saturated heterocycles. The molecule has 0 aliphatic rings. The first-order valence-electron chi connectivity index (χ1n) is 7.05. The number of hydrogen-bond acceptors (Lipinski definition) is 3. The number of aliphatic carboxylic acids is 1. The molecule has 2 aromatic rings. The average Bonchev–Trinajstić information content (AvgIpc) is 2.82. The Kier molecular flexibility index (Phi) is 5.53. The molecule has 1 unspecified atom stereocenters. The van der Waals surface area contributed by atoms with Crippen molar-refractivity contribution in [3.05, 3.63) is 23.2 Å². The van der Waals surface area contributed by atoms with E-state index < -0.39 is 5.97 Å². The van der Waals surface area contributed by atoms with E-state index in [4.69, 9.17) is 16.7 Å². The van der Waals surface area contributed by atoms with Gasteiger partial charge in [-0.15, -0.1) is 0 Å². The molecule has 0 aliphatic carbocycles. The Morgan fingerprint density at radius 1 is 1.52 bits per heavy atom. The Morgan fingerprint density at radius 2 is 2.29 bits per heavy atom. The summed E-state index contributed by atoms with van der Waals surface area (Å²) < 4.78 is 2.12. The highest BCUT2D eigenvalue weighted by Crippen LogP contribution is 2.32. The lowest BCUT2D eigenvalue weighted by molar-refractivity contribution is -0.133. The van der Waals surface area contributed by atoms with E-state index in [0.717, 1.165) is 35.5 Å². The van der Waals surface area contributed by atoms with Crippen LogP contribution in [0.5, 0.6) is 0 Å². The number of carbonyl (C=O) groups is 1. The second-order valence-electron chi connectivity index (χ2n) is 5.05. The molecule has 1 aromatic carbocycles. The van der Waals surface area contributed by atoms with Gasteiger partial charge in [-0.2, -0.15) is 0 Å². The van der Waals surface area contributed by atoms with Crippen molar-refractivity contribution in [3.63, 3.8) is 0 Å². The van der Waals surface area contributed by atoms with E-state index in [9.17, 15) is 4.79 Å². The molecule has 0 aliphatic heterocycles. The molecule has 0 saturated carbocycles. The molecule has 0 amide bonds. The van der Waals surface area contributed by atoms with Crippen LogP contribution in [0.3, 0.4) is 0 Å². The zero-order chi connectivity index (χ0) is 15.4. The van der Waals surface area contributed by atoms with Gasteiger partial charge >= 0.3 is 5.97 Å². The Bertz CT molecular complexity index is 642. The van der Waals surface area contributed by atoms with Crippen molar-refractivity contribution in [2.24, 2.45) is 0 Å². The number of para-hydroxylation sites is 1. The summed E-state index contributed by atoms with van der Waals surface area (Å²) in [5.74, 6) is -0.840. The third-order valence-electron chi connectivity index (χ3n) is 3.38. The fourth-order valence-electron chi connectivity index (χ4n) is 2.34. The summed E-state index contributed by atoms with van der Waals surface area (Å²) in [5, 5.41) is 10.2. The minimum Gasteiger partial charge on any atom is -0.481 e. The molecule has 0 fully saturated rings. The van der Waals surface area contributed by atoms with Crippen LogP contribution in [0, 0.1) is 0 Å². The second kappa shape index (κ2) is 7.18. The first kappa shape index (κ1) is 16.2. The quantitative estimate of drug-likeness (QED) is 0.754. The van der Waals surface area contributed by atoms with Gasteiger partial charge in [0.05, 0.1) is 16.3 Å². The van der Waals surface area contributed by atoms with E-state index in [-0.39, 0.29) is 11.8 Å². The predicted molar refractivity (Wildman–Crippen MR) is 87.3 cm³/mol. The number of halogens is 1. The van der Waals surface area contributed by atoms with E-state index in [0.29, 0.717) is 5.02 Å². The third-order valence-corrected chi connectivity index (χ3v) is 4.62. The van der Waals surface area contributed by atoms with Crippen LogP contribution in [0.15, 0.2) is 23.4 Å². The summed E-state index contributed by atoms with van der Waals surface area (Å²) in [4.78, 5) is 15.4. The molecule has 1 aromatic heterocycles. The molecule has 2 rings (SSSR count). The van der Waals surface area contributed by atoms with E-state index >= 15 is 0 Å². The van der Waals surface area contributed by atoms with Gasteiger partial charge in [0.1, 0.15) is 5.52 Å². The Hall–Kier alpha value is -1.20. The minimum absolute atomic E-state index is 0.00143. The molecule has 114 valence electrons. The molecular weight excluding hydrogens is 308 g/mol. The van der Waals surface area contributed by atoms with Crippen LogP contribution in [-0.2, 0) is 4.79 Å². The van der Waals surface area contributed by atoms with Crippen LogP contribution < -0.4 is 0 Å². The zero-order valence-electron chi connectivity index (χ0n) is 12.2. The lowest BCUT2D eigenvalue weighted by Gasteiger charge is -2.16. The number of imidazole rings is 1. The smallest absolute Gasteiger partial charge is 0.313 e. The number of carboxylic acids is 1. The molecule has 0 bridgehead atoms. The number of thioether (sulfide) groups is 1. The number of benzene rings is 1. The molecule has 0 radical (unpaired) electrons. The van der Waals surface area contributed by atoms with Crippen molar-refractivity contribution in [2.75, 3.05) is 5.75 Å². The standard InChI is InChI=1S/C15H19ClN2O2S/c1-3-4-6-10(2)18-12-8-5-7-11(16)14(12)17-15(18)21-9-13(19)20/h5,7-8,10H,3-4,6,9H2,1-2H3,(H,19,20). The van der Waals surface area contributed by atoms with Gasteiger partial charge in [0.25, 0.3) is 0 Å². The summed E-state index contributed by atoms with van der Waals surface area (Å²) in [7, 11) is 0. The van der Waals surface area contributed by atoms with Crippen LogP contribution in [0.1, 0.15) is 39.2 Å². The Balaban J connectivity index is 2.44. The third kappa shape index (κ3) is 3.71. The maximum atomic E-state index is 10.8. The largest absolute Gasteiger partial charge is 0.481 e. The van der Waals surface area contributed by atoms with Crippen molar-refractivity contribution < 1.29 is 9.90 Å². The molecule has 1 atom stereocenters. The zero-order valence-corrected chi connectivity index (χ0v) is 13.7. The average molecular weight is 327 g/mol. The number of aromatic nitrogens is 2. The fraction of sp³-hybridized carbons (Fsp3) is 0.467. The Labute approximate surface area is 133 Å². The second-order valence-corrected chi connectivity index (χ2v) is 6.40. The maximum absolute atomic E-state index is 10.8. The van der Waals surface area contributed by atoms with Gasteiger partial charge in [-0.1, -0.05) is 49.2 Å². The molecular formula is C15H19ClN2O2S. The first-order valence-corrected chi connectivity index (χ1v) is 8.42. The van der Waals surface area contributed by atoms with E-state index in [1.54, 1.807) is 0 Å². The van der Waals surface area contributed by atoms with Gasteiger partial charge in [-0.25, -0.2) is 4.98 Å². The van der Waals surface area contributed by atoms with Crippen LogP contribution >= 0.6 is 23.4 Å². The summed E-state index contributed by atoms with van der Waals surface area (Å²) in [6, 6.07) is 5.97. The maximum Gasteiger partial charge on any atom is 0.313 e. The normalized spacial score (nSPS) is 12.7. The number of fused-ring (bicyclic) bond motifs is 1. The van der Waals surface area contributed by atoms with E-state index in [1.807, 2.05) is 18.2 Å². The lowest BCUT2D eigenvalue weighted by atomic mass is 10.1. The van der Waals surface area contributed by atoms with Gasteiger partial charge < -0.3 is 9.67 Å². The van der Waals surface area contributed by atoms with Crippen LogP contribution in [0.2, 0.25) is 5.02 Å². The number of hydrogen-bond donors (Lipinski definition) is 1. The number of unbranched alkanes of at least 4 members (excludes halogenated alkanes) is 1. The molecule has 1 heterocycles. The predicted octanol–water partition coefficient (Wildman–Crippen LogP) is 4.62. The topological polar surface area (TPSA) is 55.1 Å². The van der Waals surface area contributed by atoms with Gasteiger partial charge in [-0.05, 0) is 25.5 Å². The van der Waals surface area contributed by atoms with Crippen molar-refractivity contribution in [1.29, 1.82) is 0 Å². The van der Waals surface area contributed by atoms with Gasteiger partial charge in [0.15, 0.2) is 5.16 Å². The molecule has 21 heavy (non-hydrogen) atoms. The van der Waals surface area contributed by atoms with Crippen molar-refractivity contribution >= 4 is 40.4 Å². The molecule has 0 spiro atoms. The van der Waals surface area contributed by atoms with E-state index in [1.165, 1.54) is 11.8 Å². The molecule has 6 heteroatoms. The number of rotatable bonds is 7. The van der Waals surface area contributed by atoms with Crippen molar-refractivity contribution in [1.82, 2.24) is 9.55 Å². The Morgan fingerprint density at radius 3 is 2.95 bits per heavy atom. The van der Waals surface area contributed by atoms with Gasteiger partial charge in [0.2, 0.25) is 0 Å². The summed E-state index contributed by atoms with van der Waals surface area (Å²) in [6.45, 7) is 4.30. The van der Waals surface area contributed by atoms with Gasteiger partial charge in [-0.3, -0.25) is 4.79 Å². The van der Waals surface area contributed by atoms with Crippen LogP contribution in [0.4, 0.5) is 0 Å². The fourth-order valence-corrected chi connectivity index (χ4v) is 3.38. The van der Waals surface area contributed by atoms with Crippen molar-refractivity contribution in [3.8, 4) is 0 Å². The lowest BCUT2D eigenvalue weighted by Crippen LogP contribution is -2.08. The van der Waals surface area contributed by atoms with Crippen LogP contribution in [0.25, 0.3) is 11.0 Å². The molecule has 1 N–H and O–H groups in total. The van der Waals surface area contributed by atoms with Crippen molar-refractivity contribution in [2.45, 2.75) is 44.3 Å². The highest BCUT2D eigenvalue weighted by atomic mass is 35.5. The monoisotopic (exact) mass is 326 g/mol. The number of carboxylic acid groups (broad SMARTS) is 1. The van der Waals surface area contributed by atoms with E-state index in [2.05, 4.69) is 23.4 Å². The first-order chi connectivity index (χ1) is 10.0. The minimum atomic E-state index is -0.842. The molecule has 4 nitrogen and oxygen atoms in total. The summed E-state index contributed by atoms with van der Waals surface area (Å²) in [5.41, 5.74) is 1.72. The number of nitrogens with zero attached hydrogens (tertiary/aromatic N) is 2. The SMILES string of the molecule is CCCCC(C)n1c(SCC(=O)O)nc2c(Cl)cccc21.